The summed E-state index contributed by atoms with van der Waals surface area (Å²) in [6, 6.07) is 7.88. The fourth-order valence-corrected chi connectivity index (χ4v) is 2.18. The Balaban J connectivity index is 2.11. The highest BCUT2D eigenvalue weighted by Gasteiger charge is 2.15. The van der Waals surface area contributed by atoms with Gasteiger partial charge in [0.15, 0.2) is 0 Å². The molecule has 2 rings (SSSR count). The molecule has 0 radical (unpaired) electrons. The average Bonchev–Trinajstić information content (AvgIpc) is 2.40. The number of benzene rings is 1. The summed E-state index contributed by atoms with van der Waals surface area (Å²) < 4.78 is 5.34. The van der Waals surface area contributed by atoms with Crippen molar-refractivity contribution in [3.63, 3.8) is 0 Å². The number of thiol groups is 1. The van der Waals surface area contributed by atoms with Gasteiger partial charge in [-0.1, -0.05) is 12.1 Å². The van der Waals surface area contributed by atoms with Crippen LogP contribution in [0.15, 0.2) is 24.3 Å². The zero-order valence-corrected chi connectivity index (χ0v) is 11.2. The summed E-state index contributed by atoms with van der Waals surface area (Å²) in [5.74, 6) is 0.566. The third-order valence-electron chi connectivity index (χ3n) is 2.87. The topological polar surface area (TPSA) is 41.6 Å². The van der Waals surface area contributed by atoms with E-state index < -0.39 is 0 Å². The number of morpholine rings is 1. The second-order valence-electron chi connectivity index (χ2n) is 4.14. The number of nitrogens with zero attached hydrogens (tertiary/aromatic N) is 1. The van der Waals surface area contributed by atoms with Gasteiger partial charge in [-0.2, -0.15) is 12.6 Å². The number of anilines is 2. The number of nitrogens with one attached hydrogen (secondary N) is 1. The largest absolute Gasteiger partial charge is 0.378 e. The van der Waals surface area contributed by atoms with Crippen molar-refractivity contribution in [1.82, 2.24) is 0 Å². The molecule has 1 aliphatic rings. The van der Waals surface area contributed by atoms with E-state index in [1.54, 1.807) is 0 Å². The second kappa shape index (κ2) is 6.66. The van der Waals surface area contributed by atoms with Crippen molar-refractivity contribution in [3.05, 3.63) is 24.3 Å². The predicted octanol–water partition coefficient (Wildman–Crippen LogP) is 1.78. The quantitative estimate of drug-likeness (QED) is 0.816. The van der Waals surface area contributed by atoms with E-state index in [-0.39, 0.29) is 5.91 Å². The van der Waals surface area contributed by atoms with Gasteiger partial charge in [-0.25, -0.2) is 0 Å². The number of rotatable bonds is 4. The summed E-state index contributed by atoms with van der Waals surface area (Å²) in [5, 5.41) is 2.94. The first kappa shape index (κ1) is 13.2. The molecule has 1 aromatic rings. The van der Waals surface area contributed by atoms with Gasteiger partial charge < -0.3 is 15.0 Å². The van der Waals surface area contributed by atoms with Crippen LogP contribution >= 0.6 is 12.6 Å². The first-order valence-electron chi connectivity index (χ1n) is 6.13. The third kappa shape index (κ3) is 3.40. The molecular weight excluding hydrogens is 248 g/mol. The van der Waals surface area contributed by atoms with Crippen LogP contribution in [0.5, 0.6) is 0 Å². The Hall–Kier alpha value is -1.20. The van der Waals surface area contributed by atoms with Crippen molar-refractivity contribution in [3.8, 4) is 0 Å². The van der Waals surface area contributed by atoms with E-state index in [1.807, 2.05) is 24.3 Å². The van der Waals surface area contributed by atoms with E-state index in [0.29, 0.717) is 12.2 Å². The first-order chi connectivity index (χ1) is 8.81. The van der Waals surface area contributed by atoms with Gasteiger partial charge in [0.1, 0.15) is 0 Å². The molecule has 5 heteroatoms. The molecular formula is C13H18N2O2S. The molecule has 0 saturated carbocycles. The fraction of sp³-hybridized carbons (Fsp3) is 0.462. The van der Waals surface area contributed by atoms with Gasteiger partial charge in [0.2, 0.25) is 5.91 Å². The summed E-state index contributed by atoms with van der Waals surface area (Å²) in [6.07, 6.45) is 0.431. The molecule has 1 fully saturated rings. The standard InChI is InChI=1S/C13H18N2O2S/c16-13(5-10-18)14-11-3-1-2-4-12(11)15-6-8-17-9-7-15/h1-4,18H,5-10H2,(H,14,16). The van der Waals surface area contributed by atoms with E-state index in [0.717, 1.165) is 37.7 Å². The van der Waals surface area contributed by atoms with Gasteiger partial charge in [-0.3, -0.25) is 4.79 Å². The fourth-order valence-electron chi connectivity index (χ4n) is 1.97. The highest BCUT2D eigenvalue weighted by molar-refractivity contribution is 7.80. The van der Waals surface area contributed by atoms with E-state index in [9.17, 15) is 4.79 Å². The number of carbonyl (C=O) groups excluding carboxylic acids is 1. The first-order valence-corrected chi connectivity index (χ1v) is 6.77. The van der Waals surface area contributed by atoms with Crippen LogP contribution in [0.2, 0.25) is 0 Å². The normalized spacial score (nSPS) is 15.5. The van der Waals surface area contributed by atoms with Gasteiger partial charge in [0, 0.05) is 19.5 Å². The molecule has 1 heterocycles. The Bertz CT molecular complexity index is 406. The van der Waals surface area contributed by atoms with E-state index >= 15 is 0 Å². The number of para-hydroxylation sites is 2. The van der Waals surface area contributed by atoms with Crippen molar-refractivity contribution in [2.24, 2.45) is 0 Å². The molecule has 0 bridgehead atoms. The minimum atomic E-state index is 0.00529. The van der Waals surface area contributed by atoms with Crippen LogP contribution < -0.4 is 10.2 Å². The third-order valence-corrected chi connectivity index (χ3v) is 3.09. The van der Waals surface area contributed by atoms with Crippen molar-refractivity contribution in [1.29, 1.82) is 0 Å². The van der Waals surface area contributed by atoms with Gasteiger partial charge >= 0.3 is 0 Å². The number of hydrogen-bond donors (Lipinski definition) is 2. The van der Waals surface area contributed by atoms with Gasteiger partial charge in [0.25, 0.3) is 0 Å². The van der Waals surface area contributed by atoms with Crippen molar-refractivity contribution in [2.45, 2.75) is 6.42 Å². The summed E-state index contributed by atoms with van der Waals surface area (Å²) >= 11 is 4.07. The number of amides is 1. The van der Waals surface area contributed by atoms with Crippen molar-refractivity contribution < 1.29 is 9.53 Å². The molecule has 1 aliphatic heterocycles. The van der Waals surface area contributed by atoms with Gasteiger partial charge in [0.05, 0.1) is 24.6 Å². The lowest BCUT2D eigenvalue weighted by atomic mass is 10.2. The van der Waals surface area contributed by atoms with E-state index in [2.05, 4.69) is 22.8 Å². The lowest BCUT2D eigenvalue weighted by Crippen LogP contribution is -2.36. The van der Waals surface area contributed by atoms with Crippen LogP contribution in [0.1, 0.15) is 6.42 Å². The number of carbonyl (C=O) groups is 1. The maximum Gasteiger partial charge on any atom is 0.225 e. The summed E-state index contributed by atoms with van der Waals surface area (Å²) in [5.41, 5.74) is 1.93. The summed E-state index contributed by atoms with van der Waals surface area (Å²) in [4.78, 5) is 13.9. The molecule has 0 atom stereocenters. The number of ether oxygens (including phenoxy) is 1. The lowest BCUT2D eigenvalue weighted by molar-refractivity contribution is -0.115. The van der Waals surface area contributed by atoms with Gasteiger partial charge in [-0.05, 0) is 17.9 Å². The molecule has 0 aliphatic carbocycles. The molecule has 98 valence electrons. The van der Waals surface area contributed by atoms with E-state index in [4.69, 9.17) is 4.74 Å². The minimum absolute atomic E-state index is 0.00529. The van der Waals surface area contributed by atoms with Crippen LogP contribution in [0.4, 0.5) is 11.4 Å². The molecule has 1 amide bonds. The molecule has 4 nitrogen and oxygen atoms in total. The molecule has 1 saturated heterocycles. The predicted molar refractivity (Wildman–Crippen MR) is 76.6 cm³/mol. The molecule has 1 aromatic carbocycles. The van der Waals surface area contributed by atoms with Gasteiger partial charge in [-0.15, -0.1) is 0 Å². The molecule has 1 N–H and O–H groups in total. The average molecular weight is 266 g/mol. The van der Waals surface area contributed by atoms with Crippen molar-refractivity contribution >= 4 is 29.9 Å². The Morgan fingerprint density at radius 1 is 1.33 bits per heavy atom. The monoisotopic (exact) mass is 266 g/mol. The summed E-state index contributed by atoms with van der Waals surface area (Å²) in [6.45, 7) is 3.19. The Morgan fingerprint density at radius 3 is 2.78 bits per heavy atom. The zero-order chi connectivity index (χ0) is 12.8. The van der Waals surface area contributed by atoms with Crippen LogP contribution in [-0.2, 0) is 9.53 Å². The van der Waals surface area contributed by atoms with Crippen LogP contribution in [0.3, 0.4) is 0 Å². The Kier molecular flexibility index (Phi) is 4.90. The molecule has 18 heavy (non-hydrogen) atoms. The van der Waals surface area contributed by atoms with Crippen LogP contribution in [0.25, 0.3) is 0 Å². The molecule has 0 unspecified atom stereocenters. The Labute approximate surface area is 113 Å². The Morgan fingerprint density at radius 2 is 2.06 bits per heavy atom. The minimum Gasteiger partial charge on any atom is -0.378 e. The highest BCUT2D eigenvalue weighted by Crippen LogP contribution is 2.26. The zero-order valence-electron chi connectivity index (χ0n) is 10.3. The maximum absolute atomic E-state index is 11.6. The number of hydrogen-bond acceptors (Lipinski definition) is 4. The smallest absolute Gasteiger partial charge is 0.225 e. The molecule has 0 aromatic heterocycles. The second-order valence-corrected chi connectivity index (χ2v) is 4.59. The lowest BCUT2D eigenvalue weighted by Gasteiger charge is -2.30. The highest BCUT2D eigenvalue weighted by atomic mass is 32.1. The van der Waals surface area contributed by atoms with Crippen molar-refractivity contribution in [2.75, 3.05) is 42.3 Å². The van der Waals surface area contributed by atoms with Crippen LogP contribution in [0, 0.1) is 0 Å². The SMILES string of the molecule is O=C(CCS)Nc1ccccc1N1CCOCC1. The summed E-state index contributed by atoms with van der Waals surface area (Å²) in [7, 11) is 0. The maximum atomic E-state index is 11.6. The molecule has 0 spiro atoms. The van der Waals surface area contributed by atoms with Crippen LogP contribution in [-0.4, -0.2) is 38.0 Å². The van der Waals surface area contributed by atoms with E-state index in [1.165, 1.54) is 0 Å².